The molecule has 0 aliphatic carbocycles. The third-order valence-corrected chi connectivity index (χ3v) is 6.93. The maximum Gasteiger partial charge on any atom is 0.488 e. The monoisotopic (exact) mass is 517 g/mol. The Morgan fingerprint density at radius 1 is 1.14 bits per heavy atom. The first-order chi connectivity index (χ1) is 17.7. The number of H-pyrrole nitrogens is 1. The molecule has 0 radical (unpaired) electrons. The summed E-state index contributed by atoms with van der Waals surface area (Å²) in [7, 11) is -5.20. The fourth-order valence-corrected chi connectivity index (χ4v) is 5.22. The average Bonchev–Trinajstić information content (AvgIpc) is 3.25. The van der Waals surface area contributed by atoms with Gasteiger partial charge < -0.3 is 13.7 Å². The molecule has 9 heteroatoms. The molecule has 5 aromatic rings. The summed E-state index contributed by atoms with van der Waals surface area (Å²) >= 11 is 0. The molecule has 0 fully saturated rings. The Kier molecular flexibility index (Phi) is 6.21. The summed E-state index contributed by atoms with van der Waals surface area (Å²) in [6.45, 7) is 4.65. The molecule has 2 aromatic carbocycles. The van der Waals surface area contributed by atoms with E-state index >= 15 is 0 Å². The van der Waals surface area contributed by atoms with Crippen LogP contribution in [0.1, 0.15) is 37.8 Å². The minimum atomic E-state index is -5.20. The number of halogens is 1. The summed E-state index contributed by atoms with van der Waals surface area (Å²) in [6, 6.07) is 10.8. The second-order valence-corrected chi connectivity index (χ2v) is 9.80. The summed E-state index contributed by atoms with van der Waals surface area (Å²) < 4.78 is 41.7. The lowest BCUT2D eigenvalue weighted by molar-refractivity contribution is 0.439. The zero-order valence-corrected chi connectivity index (χ0v) is 21.2. The van der Waals surface area contributed by atoms with Crippen LogP contribution in [0.25, 0.3) is 44.0 Å². The number of aromatic amines is 1. The van der Waals surface area contributed by atoms with Crippen molar-refractivity contribution in [2.45, 2.75) is 39.7 Å². The number of benzene rings is 2. The molecule has 0 unspecified atom stereocenters. The molecule has 3 heterocycles. The summed E-state index contributed by atoms with van der Waals surface area (Å²) in [4.78, 5) is 21.3. The van der Waals surface area contributed by atoms with Crippen molar-refractivity contribution in [3.63, 3.8) is 0 Å². The number of hydrogen-bond donors (Lipinski definition) is 1. The Morgan fingerprint density at radius 2 is 1.95 bits per heavy atom. The number of nitrogens with zero attached hydrogens (tertiary/aromatic N) is 2. The largest absolute Gasteiger partial charge is 0.488 e. The van der Waals surface area contributed by atoms with E-state index in [4.69, 9.17) is 6.42 Å². The maximum atomic E-state index is 13.9. The van der Waals surface area contributed by atoms with E-state index in [1.807, 2.05) is 41.8 Å². The van der Waals surface area contributed by atoms with Crippen molar-refractivity contribution in [1.82, 2.24) is 14.5 Å². The first-order valence-corrected chi connectivity index (χ1v) is 13.3. The van der Waals surface area contributed by atoms with Crippen molar-refractivity contribution in [2.24, 2.45) is 0 Å². The van der Waals surface area contributed by atoms with Gasteiger partial charge in [0.05, 0.1) is 17.1 Å². The van der Waals surface area contributed by atoms with Crippen molar-refractivity contribution in [3.8, 4) is 29.2 Å². The number of nitrogens with one attached hydrogen (secondary N) is 1. The van der Waals surface area contributed by atoms with E-state index in [0.29, 0.717) is 46.0 Å². The molecule has 0 amide bonds. The van der Waals surface area contributed by atoms with E-state index in [-0.39, 0.29) is 11.2 Å². The Hall–Kier alpha value is -4.16. The van der Waals surface area contributed by atoms with Crippen LogP contribution in [0.2, 0.25) is 0 Å². The van der Waals surface area contributed by atoms with Crippen molar-refractivity contribution < 1.29 is 16.5 Å². The van der Waals surface area contributed by atoms with E-state index in [2.05, 4.69) is 27.0 Å². The molecule has 5 rings (SSSR count). The highest BCUT2D eigenvalue weighted by atomic mass is 32.3. The van der Waals surface area contributed by atoms with Gasteiger partial charge in [-0.15, -0.1) is 6.42 Å². The highest BCUT2D eigenvalue weighted by molar-refractivity contribution is 7.81. The van der Waals surface area contributed by atoms with Gasteiger partial charge in [-0.25, -0.2) is 0 Å². The van der Waals surface area contributed by atoms with E-state index in [1.54, 1.807) is 6.20 Å². The van der Waals surface area contributed by atoms with Crippen molar-refractivity contribution in [1.29, 1.82) is 0 Å². The molecule has 37 heavy (non-hydrogen) atoms. The number of aryl methyl sites for hydroxylation is 2. The standard InChI is InChI=1S/C28H24FN3O4S/c1-4-7-8-18-13-23-25(14-22(18)19-12-20(16-30-15-19)36-37(29,34)35)32(6-3)28-26(27(23)33)21-10-9-17(5-2)11-24(21)31-28/h2,9-16,31H,4,6-8H2,1,3H3. The van der Waals surface area contributed by atoms with Gasteiger partial charge in [-0.3, -0.25) is 9.78 Å². The Morgan fingerprint density at radius 3 is 2.65 bits per heavy atom. The van der Waals surface area contributed by atoms with Crippen molar-refractivity contribution in [3.05, 3.63) is 70.1 Å². The number of pyridine rings is 2. The highest BCUT2D eigenvalue weighted by Crippen LogP contribution is 2.33. The van der Waals surface area contributed by atoms with Gasteiger partial charge in [0.1, 0.15) is 5.65 Å². The Bertz CT molecular complexity index is 1900. The number of terminal acetylenes is 1. The summed E-state index contributed by atoms with van der Waals surface area (Å²) in [5.74, 6) is 2.40. The fourth-order valence-electron chi connectivity index (χ4n) is 4.90. The number of aromatic nitrogens is 3. The summed E-state index contributed by atoms with van der Waals surface area (Å²) in [5, 5.41) is 1.99. The number of rotatable bonds is 7. The van der Waals surface area contributed by atoms with Crippen LogP contribution in [-0.4, -0.2) is 23.0 Å². The van der Waals surface area contributed by atoms with Gasteiger partial charge in [-0.05, 0) is 61.2 Å². The van der Waals surface area contributed by atoms with Gasteiger partial charge in [-0.2, -0.15) is 8.42 Å². The normalized spacial score (nSPS) is 11.8. The molecular weight excluding hydrogens is 493 g/mol. The summed E-state index contributed by atoms with van der Waals surface area (Å²) in [5.41, 5.74) is 5.04. The molecule has 0 spiro atoms. The number of unbranched alkanes of at least 4 members (excludes halogenated alkanes) is 1. The molecule has 0 saturated heterocycles. The van der Waals surface area contributed by atoms with Crippen LogP contribution in [0.4, 0.5) is 3.89 Å². The zero-order valence-electron chi connectivity index (χ0n) is 20.3. The van der Waals surface area contributed by atoms with Gasteiger partial charge in [0.25, 0.3) is 0 Å². The number of fused-ring (bicyclic) bond motifs is 4. The lowest BCUT2D eigenvalue weighted by atomic mass is 9.94. The van der Waals surface area contributed by atoms with Crippen LogP contribution in [0.15, 0.2) is 53.6 Å². The second-order valence-electron chi connectivity index (χ2n) is 8.84. The van der Waals surface area contributed by atoms with E-state index in [0.717, 1.165) is 41.1 Å². The van der Waals surface area contributed by atoms with Crippen LogP contribution in [0.3, 0.4) is 0 Å². The third kappa shape index (κ3) is 4.45. The summed E-state index contributed by atoms with van der Waals surface area (Å²) in [6.07, 6.45) is 10.8. The topological polar surface area (TPSA) is 94.1 Å². The van der Waals surface area contributed by atoms with Gasteiger partial charge in [0.15, 0.2) is 11.2 Å². The third-order valence-electron chi connectivity index (χ3n) is 6.54. The minimum Gasteiger partial charge on any atom is -0.357 e. The van der Waals surface area contributed by atoms with Crippen LogP contribution >= 0.6 is 0 Å². The molecule has 0 aliphatic rings. The Labute approximate surface area is 213 Å². The average molecular weight is 518 g/mol. The lowest BCUT2D eigenvalue weighted by Crippen LogP contribution is -2.11. The van der Waals surface area contributed by atoms with E-state index in [1.165, 1.54) is 6.07 Å². The molecule has 0 atom stereocenters. The second kappa shape index (κ2) is 9.37. The maximum absolute atomic E-state index is 13.9. The van der Waals surface area contributed by atoms with Crippen molar-refractivity contribution >= 4 is 43.3 Å². The van der Waals surface area contributed by atoms with Gasteiger partial charge in [-0.1, -0.05) is 29.2 Å². The van der Waals surface area contributed by atoms with Crippen molar-refractivity contribution in [2.75, 3.05) is 0 Å². The molecule has 3 aromatic heterocycles. The molecule has 0 bridgehead atoms. The molecule has 0 saturated carbocycles. The molecular formula is C28H24FN3O4S. The van der Waals surface area contributed by atoms with Crippen LogP contribution in [-0.2, 0) is 23.5 Å². The highest BCUT2D eigenvalue weighted by Gasteiger charge is 2.19. The number of hydrogen-bond acceptors (Lipinski definition) is 5. The van der Waals surface area contributed by atoms with Gasteiger partial charge in [0, 0.05) is 40.2 Å². The SMILES string of the molecule is C#Cc1ccc2c(c1)[nH]c1c2c(=O)c2cc(CCCC)c(-c3cncc(OS(=O)(=O)F)c3)cc2n1CC. The predicted octanol–water partition coefficient (Wildman–Crippen LogP) is 5.63. The van der Waals surface area contributed by atoms with Crippen LogP contribution in [0, 0.1) is 12.3 Å². The Balaban J connectivity index is 1.84. The zero-order chi connectivity index (χ0) is 26.3. The lowest BCUT2D eigenvalue weighted by Gasteiger charge is -2.16. The first kappa shape index (κ1) is 24.5. The molecule has 0 aliphatic heterocycles. The first-order valence-electron chi connectivity index (χ1n) is 11.9. The van der Waals surface area contributed by atoms with E-state index in [9.17, 15) is 17.1 Å². The van der Waals surface area contributed by atoms with E-state index < -0.39 is 10.5 Å². The fraction of sp³-hybridized carbons (Fsp3) is 0.214. The van der Waals surface area contributed by atoms with Gasteiger partial charge >= 0.3 is 10.5 Å². The minimum absolute atomic E-state index is 0.0857. The van der Waals surface area contributed by atoms with Crippen LogP contribution < -0.4 is 9.61 Å². The molecule has 188 valence electrons. The quantitative estimate of drug-likeness (QED) is 0.223. The molecule has 7 nitrogen and oxygen atoms in total. The van der Waals surface area contributed by atoms with Gasteiger partial charge in [0.2, 0.25) is 0 Å². The predicted molar refractivity (Wildman–Crippen MR) is 144 cm³/mol. The van der Waals surface area contributed by atoms with Crippen LogP contribution in [0.5, 0.6) is 5.75 Å². The smallest absolute Gasteiger partial charge is 0.357 e. The molecule has 1 N–H and O–H groups in total.